The van der Waals surface area contributed by atoms with Crippen LogP contribution in [0.15, 0.2) is 18.2 Å². The molecule has 1 amide bonds. The Morgan fingerprint density at radius 3 is 2.33 bits per heavy atom. The number of hydrogen-bond acceptors (Lipinski definition) is 7. The van der Waals surface area contributed by atoms with E-state index < -0.39 is 23.7 Å². The maximum Gasteiger partial charge on any atom is 0.407 e. The first-order valence-electron chi connectivity index (χ1n) is 17.4. The first-order chi connectivity index (χ1) is 21.5. The Hall–Kier alpha value is -3.16. The highest BCUT2D eigenvalue weighted by Gasteiger charge is 2.30. The van der Waals surface area contributed by atoms with Crippen LogP contribution in [-0.2, 0) is 27.1 Å². The highest BCUT2D eigenvalue weighted by atomic mass is 16.6. The number of anilines is 1. The molecule has 0 bridgehead atoms. The molecule has 8 nitrogen and oxygen atoms in total. The van der Waals surface area contributed by atoms with Gasteiger partial charge in [-0.25, -0.2) is 19.6 Å². The first kappa shape index (κ1) is 34.7. The van der Waals surface area contributed by atoms with Gasteiger partial charge in [-0.15, -0.1) is 0 Å². The van der Waals surface area contributed by atoms with E-state index in [4.69, 9.17) is 14.5 Å². The summed E-state index contributed by atoms with van der Waals surface area (Å²) in [5, 5.41) is 6.06. The van der Waals surface area contributed by atoms with Gasteiger partial charge in [0.2, 0.25) is 0 Å². The highest BCUT2D eigenvalue weighted by Crippen LogP contribution is 2.42. The molecule has 1 aromatic heterocycles. The van der Waals surface area contributed by atoms with Gasteiger partial charge in [0.05, 0.1) is 12.3 Å². The molecule has 1 fully saturated rings. The Morgan fingerprint density at radius 2 is 1.62 bits per heavy atom. The van der Waals surface area contributed by atoms with Crippen molar-refractivity contribution in [1.82, 2.24) is 15.3 Å². The van der Waals surface area contributed by atoms with E-state index >= 15 is 0 Å². The van der Waals surface area contributed by atoms with Crippen LogP contribution in [-0.4, -0.2) is 46.8 Å². The molecule has 0 radical (unpaired) electrons. The number of aryl methyl sites for hydroxylation is 3. The van der Waals surface area contributed by atoms with Crippen molar-refractivity contribution in [3.8, 4) is 0 Å². The van der Waals surface area contributed by atoms with Gasteiger partial charge in [0.15, 0.2) is 0 Å². The third-order valence-electron chi connectivity index (χ3n) is 9.19. The molecule has 2 aliphatic rings. The van der Waals surface area contributed by atoms with Crippen molar-refractivity contribution < 1.29 is 19.1 Å². The molecule has 0 saturated heterocycles. The Bertz CT molecular complexity index is 1280. The van der Waals surface area contributed by atoms with Crippen LogP contribution in [0.25, 0.3) is 0 Å². The Morgan fingerprint density at radius 1 is 0.933 bits per heavy atom. The lowest BCUT2D eigenvalue weighted by Gasteiger charge is -2.30. The molecule has 1 atom stereocenters. The topological polar surface area (TPSA) is 102 Å². The molecule has 248 valence electrons. The van der Waals surface area contributed by atoms with Crippen molar-refractivity contribution >= 4 is 17.9 Å². The minimum atomic E-state index is -0.929. The summed E-state index contributed by atoms with van der Waals surface area (Å²) in [6.07, 6.45) is 14.2. The number of esters is 1. The van der Waals surface area contributed by atoms with E-state index in [1.54, 1.807) is 11.1 Å². The van der Waals surface area contributed by atoms with Gasteiger partial charge in [0, 0.05) is 18.0 Å². The third-order valence-corrected chi connectivity index (χ3v) is 9.19. The minimum Gasteiger partial charge on any atom is -0.458 e. The fourth-order valence-corrected chi connectivity index (χ4v) is 6.75. The van der Waals surface area contributed by atoms with Gasteiger partial charge < -0.3 is 20.1 Å². The number of ether oxygens (including phenoxy) is 2. The van der Waals surface area contributed by atoms with E-state index in [1.807, 2.05) is 27.7 Å². The minimum absolute atomic E-state index is 0.127. The number of aromatic nitrogens is 2. The molecule has 1 saturated carbocycles. The average molecular weight is 621 g/mol. The second-order valence-corrected chi connectivity index (χ2v) is 14.1. The summed E-state index contributed by atoms with van der Waals surface area (Å²) < 4.78 is 11.0. The fourth-order valence-electron chi connectivity index (χ4n) is 6.75. The average Bonchev–Trinajstić information content (AvgIpc) is 3.01. The van der Waals surface area contributed by atoms with Gasteiger partial charge in [-0.2, -0.15) is 0 Å². The number of carbonyl (C=O) groups is 2. The lowest BCUT2D eigenvalue weighted by atomic mass is 9.76. The van der Waals surface area contributed by atoms with Gasteiger partial charge in [-0.3, -0.25) is 0 Å². The van der Waals surface area contributed by atoms with Gasteiger partial charge in [0.25, 0.3) is 0 Å². The summed E-state index contributed by atoms with van der Waals surface area (Å²) in [6.45, 7) is 12.0. The fraction of sp³-hybridized carbons (Fsp3) is 0.676. The number of rotatable bonds is 13. The van der Waals surface area contributed by atoms with Crippen molar-refractivity contribution in [3.05, 3.63) is 52.0 Å². The number of amides is 1. The standard InChI is InChI=1S/C37H56N4O4/c1-7-8-9-10-13-22-44-36(43)41-32(35(42)45-37(4,5)6)24-38-34-25(2)33(39-26(3)40-34)29-19-16-28(17-20-29)31-21-18-27-14-11-12-15-30(27)23-31/h18,21,23,28-29,32H,7-17,19-20,22,24H2,1-6H3,(H,41,43)(H,38,39,40)/t28?,29?,32-/m0/s1. The predicted molar refractivity (Wildman–Crippen MR) is 180 cm³/mol. The van der Waals surface area contributed by atoms with Crippen LogP contribution in [0.5, 0.6) is 0 Å². The largest absolute Gasteiger partial charge is 0.458 e. The molecule has 1 aromatic carbocycles. The number of hydrogen-bond donors (Lipinski definition) is 2. The number of fused-ring (bicyclic) bond motifs is 1. The van der Waals surface area contributed by atoms with Crippen molar-refractivity contribution in [2.75, 3.05) is 18.5 Å². The molecular weight excluding hydrogens is 564 g/mol. The molecule has 0 aliphatic heterocycles. The number of nitrogens with zero attached hydrogens (tertiary/aromatic N) is 2. The van der Waals surface area contributed by atoms with Crippen LogP contribution in [0, 0.1) is 13.8 Å². The number of carbonyl (C=O) groups excluding carboxylic acids is 2. The lowest BCUT2D eigenvalue weighted by Crippen LogP contribution is -2.48. The van der Waals surface area contributed by atoms with Crippen molar-refractivity contribution in [3.63, 3.8) is 0 Å². The number of benzene rings is 1. The number of alkyl carbamates (subject to hydrolysis) is 1. The van der Waals surface area contributed by atoms with Gasteiger partial charge in [0.1, 0.15) is 23.3 Å². The second kappa shape index (κ2) is 16.4. The van der Waals surface area contributed by atoms with E-state index in [-0.39, 0.29) is 6.54 Å². The quantitative estimate of drug-likeness (QED) is 0.172. The summed E-state index contributed by atoms with van der Waals surface area (Å²) in [7, 11) is 0. The molecule has 45 heavy (non-hydrogen) atoms. The Kier molecular flexibility index (Phi) is 12.7. The third kappa shape index (κ3) is 10.4. The van der Waals surface area contributed by atoms with Crippen molar-refractivity contribution in [2.24, 2.45) is 0 Å². The number of nitrogens with one attached hydrogen (secondary N) is 2. The summed E-state index contributed by atoms with van der Waals surface area (Å²) in [4.78, 5) is 35.3. The zero-order valence-corrected chi connectivity index (χ0v) is 28.6. The molecule has 8 heteroatoms. The van der Waals surface area contributed by atoms with Crippen LogP contribution in [0.3, 0.4) is 0 Å². The van der Waals surface area contributed by atoms with Crippen LogP contribution in [0.4, 0.5) is 10.6 Å². The Labute approximate surface area is 270 Å². The van der Waals surface area contributed by atoms with E-state index in [9.17, 15) is 9.59 Å². The van der Waals surface area contributed by atoms with E-state index in [2.05, 4.69) is 47.7 Å². The van der Waals surface area contributed by atoms with Gasteiger partial charge in [-0.05, 0) is 115 Å². The molecule has 1 heterocycles. The van der Waals surface area contributed by atoms with Crippen molar-refractivity contribution in [1.29, 1.82) is 0 Å². The zero-order chi connectivity index (χ0) is 32.4. The summed E-state index contributed by atoms with van der Waals surface area (Å²) in [5.41, 5.74) is 6.00. The summed E-state index contributed by atoms with van der Waals surface area (Å²) >= 11 is 0. The summed E-state index contributed by atoms with van der Waals surface area (Å²) in [6, 6.07) is 6.30. The summed E-state index contributed by atoms with van der Waals surface area (Å²) in [5.74, 6) is 1.84. The second-order valence-electron chi connectivity index (χ2n) is 14.1. The smallest absolute Gasteiger partial charge is 0.407 e. The monoisotopic (exact) mass is 620 g/mol. The van der Waals surface area contributed by atoms with Crippen LogP contribution >= 0.6 is 0 Å². The number of unbranched alkanes of at least 4 members (excludes halogenated alkanes) is 4. The molecule has 2 aliphatic carbocycles. The maximum atomic E-state index is 13.1. The van der Waals surface area contributed by atoms with Crippen LogP contribution < -0.4 is 10.6 Å². The van der Waals surface area contributed by atoms with E-state index in [0.29, 0.717) is 30.1 Å². The molecular formula is C37H56N4O4. The van der Waals surface area contributed by atoms with Gasteiger partial charge >= 0.3 is 12.1 Å². The van der Waals surface area contributed by atoms with Gasteiger partial charge in [-0.1, -0.05) is 50.8 Å². The molecule has 0 unspecified atom stereocenters. The molecule has 2 N–H and O–H groups in total. The lowest BCUT2D eigenvalue weighted by molar-refractivity contribution is -0.156. The highest BCUT2D eigenvalue weighted by molar-refractivity contribution is 5.82. The van der Waals surface area contributed by atoms with Crippen LogP contribution in [0.2, 0.25) is 0 Å². The molecule has 4 rings (SSSR count). The van der Waals surface area contributed by atoms with E-state index in [1.165, 1.54) is 37.7 Å². The zero-order valence-electron chi connectivity index (χ0n) is 28.6. The normalized spacial score (nSPS) is 18.9. The molecule has 0 spiro atoms. The molecule has 2 aromatic rings. The SMILES string of the molecule is CCCCCCCOC(=O)N[C@@H](CNc1nc(C)nc(C2CCC(c3ccc4c(c3)CCCC4)CC2)c1C)C(=O)OC(C)(C)C. The predicted octanol–water partition coefficient (Wildman–Crippen LogP) is 8.23. The first-order valence-corrected chi connectivity index (χ1v) is 17.4. The van der Waals surface area contributed by atoms with E-state index in [0.717, 1.165) is 62.6 Å². The van der Waals surface area contributed by atoms with Crippen LogP contribution in [0.1, 0.15) is 144 Å². The van der Waals surface area contributed by atoms with Crippen molar-refractivity contribution in [2.45, 2.75) is 148 Å². The Balaban J connectivity index is 1.38. The maximum absolute atomic E-state index is 13.1.